The minimum atomic E-state index is -0.186. The lowest BCUT2D eigenvalue weighted by molar-refractivity contribution is -0.122. The summed E-state index contributed by atoms with van der Waals surface area (Å²) in [6.45, 7) is 4.41. The van der Waals surface area contributed by atoms with Crippen molar-refractivity contribution in [3.05, 3.63) is 58.4 Å². The van der Waals surface area contributed by atoms with Crippen LogP contribution in [0.15, 0.2) is 36.4 Å². The number of methoxy groups -OCH3 is 2. The lowest BCUT2D eigenvalue weighted by atomic mass is 9.99. The number of ether oxygens (including phenoxy) is 3. The molecule has 4 rings (SSSR count). The lowest BCUT2D eigenvalue weighted by Crippen LogP contribution is -2.36. The highest BCUT2D eigenvalue weighted by molar-refractivity contribution is 6.32. The normalized spacial score (nSPS) is 14.6. The van der Waals surface area contributed by atoms with E-state index in [0.717, 1.165) is 39.6 Å². The summed E-state index contributed by atoms with van der Waals surface area (Å²) in [5.41, 5.74) is 4.65. The Labute approximate surface area is 192 Å². The Morgan fingerprint density at radius 2 is 2.03 bits per heavy atom. The molecule has 32 heavy (non-hydrogen) atoms. The zero-order valence-electron chi connectivity index (χ0n) is 18.6. The number of aryl methyl sites for hydroxylation is 2. The maximum absolute atomic E-state index is 12.4. The number of carbonyl (C=O) groups is 1. The van der Waals surface area contributed by atoms with Crippen LogP contribution in [-0.2, 0) is 17.8 Å². The van der Waals surface area contributed by atoms with E-state index >= 15 is 0 Å². The number of hydrogen-bond acceptors (Lipinski definition) is 5. The molecular formula is C24H26ClN3O4. The van der Waals surface area contributed by atoms with Crippen molar-refractivity contribution < 1.29 is 19.0 Å². The summed E-state index contributed by atoms with van der Waals surface area (Å²) in [7, 11) is 3.26. The molecule has 2 aromatic carbocycles. The molecule has 1 aromatic heterocycles. The van der Waals surface area contributed by atoms with E-state index in [0.29, 0.717) is 23.7 Å². The molecule has 0 radical (unpaired) electrons. The summed E-state index contributed by atoms with van der Waals surface area (Å²) in [6.07, 6.45) is 0.462. The van der Waals surface area contributed by atoms with Crippen molar-refractivity contribution in [1.29, 1.82) is 0 Å². The summed E-state index contributed by atoms with van der Waals surface area (Å²) in [5.74, 6) is 2.02. The van der Waals surface area contributed by atoms with Crippen molar-refractivity contribution in [1.82, 2.24) is 15.1 Å². The van der Waals surface area contributed by atoms with Crippen molar-refractivity contribution in [2.75, 3.05) is 20.8 Å². The van der Waals surface area contributed by atoms with Gasteiger partial charge in [-0.2, -0.15) is 5.10 Å². The standard InChI is InChI=1S/C24H26ClN3O4/c1-14-7-15(2)28(27-14)13-23(29)26-12-19-9-17-8-16(10-21(25)24(17)32-19)20-11-18(30-3)5-6-22(20)31-4/h5-8,10-11,19H,9,12-13H2,1-4H3,(H,26,29). The highest BCUT2D eigenvalue weighted by atomic mass is 35.5. The van der Waals surface area contributed by atoms with Gasteiger partial charge >= 0.3 is 0 Å². The fourth-order valence-electron chi connectivity index (χ4n) is 3.95. The van der Waals surface area contributed by atoms with E-state index in [9.17, 15) is 4.79 Å². The molecule has 7 nitrogen and oxygen atoms in total. The fourth-order valence-corrected chi connectivity index (χ4v) is 4.23. The Balaban J connectivity index is 1.45. The first-order valence-corrected chi connectivity index (χ1v) is 10.7. The van der Waals surface area contributed by atoms with Crippen LogP contribution < -0.4 is 19.5 Å². The first kappa shape index (κ1) is 22.0. The summed E-state index contributed by atoms with van der Waals surface area (Å²) in [5, 5.41) is 7.79. The zero-order chi connectivity index (χ0) is 22.8. The van der Waals surface area contributed by atoms with Crippen LogP contribution in [0.5, 0.6) is 17.2 Å². The van der Waals surface area contributed by atoms with Gasteiger partial charge in [0, 0.05) is 23.2 Å². The smallest absolute Gasteiger partial charge is 0.241 e. The number of benzene rings is 2. The largest absolute Gasteiger partial charge is 0.497 e. The Morgan fingerprint density at radius 3 is 2.72 bits per heavy atom. The van der Waals surface area contributed by atoms with Gasteiger partial charge in [-0.25, -0.2) is 0 Å². The minimum absolute atomic E-state index is 0.108. The van der Waals surface area contributed by atoms with Crippen LogP contribution in [-0.4, -0.2) is 42.6 Å². The predicted octanol–water partition coefficient (Wildman–Crippen LogP) is 3.96. The number of rotatable bonds is 7. The van der Waals surface area contributed by atoms with Gasteiger partial charge in [0.05, 0.1) is 31.5 Å². The number of hydrogen-bond donors (Lipinski definition) is 1. The highest BCUT2D eigenvalue weighted by Gasteiger charge is 2.27. The van der Waals surface area contributed by atoms with E-state index in [1.165, 1.54) is 0 Å². The molecule has 0 aliphatic carbocycles. The second-order valence-corrected chi connectivity index (χ2v) is 8.25. The van der Waals surface area contributed by atoms with E-state index in [2.05, 4.69) is 16.5 Å². The summed E-state index contributed by atoms with van der Waals surface area (Å²) in [6, 6.07) is 11.5. The molecule has 1 atom stereocenters. The second-order valence-electron chi connectivity index (χ2n) is 7.85. The van der Waals surface area contributed by atoms with Crippen LogP contribution in [0.4, 0.5) is 0 Å². The van der Waals surface area contributed by atoms with Gasteiger partial charge in [0.15, 0.2) is 0 Å². The quantitative estimate of drug-likeness (QED) is 0.583. The number of halogens is 1. The van der Waals surface area contributed by atoms with Crippen molar-refractivity contribution in [3.8, 4) is 28.4 Å². The van der Waals surface area contributed by atoms with Crippen molar-refractivity contribution in [3.63, 3.8) is 0 Å². The monoisotopic (exact) mass is 455 g/mol. The number of fused-ring (bicyclic) bond motifs is 1. The number of carbonyl (C=O) groups excluding carboxylic acids is 1. The van der Waals surface area contributed by atoms with E-state index in [4.69, 9.17) is 25.8 Å². The third-order valence-electron chi connectivity index (χ3n) is 5.49. The summed E-state index contributed by atoms with van der Waals surface area (Å²) >= 11 is 6.55. The molecule has 8 heteroatoms. The van der Waals surface area contributed by atoms with Crippen LogP contribution in [0.3, 0.4) is 0 Å². The minimum Gasteiger partial charge on any atom is -0.497 e. The molecule has 3 aromatic rings. The van der Waals surface area contributed by atoms with Crippen LogP contribution >= 0.6 is 11.6 Å². The van der Waals surface area contributed by atoms with E-state index in [1.54, 1.807) is 18.9 Å². The molecule has 1 aliphatic heterocycles. The zero-order valence-corrected chi connectivity index (χ0v) is 19.3. The molecule has 168 valence electrons. The topological polar surface area (TPSA) is 74.6 Å². The Hall–Kier alpha value is -3.19. The lowest BCUT2D eigenvalue weighted by Gasteiger charge is -2.13. The van der Waals surface area contributed by atoms with Gasteiger partial charge in [-0.3, -0.25) is 9.48 Å². The average molecular weight is 456 g/mol. The number of amides is 1. The Morgan fingerprint density at radius 1 is 1.22 bits per heavy atom. The molecule has 0 spiro atoms. The van der Waals surface area contributed by atoms with Gasteiger partial charge in [-0.15, -0.1) is 0 Å². The maximum Gasteiger partial charge on any atom is 0.241 e. The predicted molar refractivity (Wildman–Crippen MR) is 123 cm³/mol. The van der Waals surface area contributed by atoms with Gasteiger partial charge in [0.1, 0.15) is 29.9 Å². The van der Waals surface area contributed by atoms with Crippen molar-refractivity contribution in [2.24, 2.45) is 0 Å². The van der Waals surface area contributed by atoms with Crippen LogP contribution in [0.25, 0.3) is 11.1 Å². The van der Waals surface area contributed by atoms with E-state index in [-0.39, 0.29) is 18.6 Å². The second kappa shape index (κ2) is 9.12. The van der Waals surface area contributed by atoms with E-state index in [1.807, 2.05) is 44.2 Å². The number of nitrogens with zero attached hydrogens (tertiary/aromatic N) is 2. The summed E-state index contributed by atoms with van der Waals surface area (Å²) < 4.78 is 18.6. The van der Waals surface area contributed by atoms with Crippen LogP contribution in [0.1, 0.15) is 17.0 Å². The van der Waals surface area contributed by atoms with Crippen molar-refractivity contribution >= 4 is 17.5 Å². The van der Waals surface area contributed by atoms with Crippen LogP contribution in [0, 0.1) is 13.8 Å². The number of nitrogens with one attached hydrogen (secondary N) is 1. The SMILES string of the molecule is COc1ccc(OC)c(-c2cc(Cl)c3c(c2)CC(CNC(=O)Cn2nc(C)cc2C)O3)c1. The molecule has 1 aliphatic rings. The molecule has 1 N–H and O–H groups in total. The fraction of sp³-hybridized carbons (Fsp3) is 0.333. The van der Waals surface area contributed by atoms with Crippen LogP contribution in [0.2, 0.25) is 5.02 Å². The molecule has 2 heterocycles. The van der Waals surface area contributed by atoms with Crippen molar-refractivity contribution in [2.45, 2.75) is 32.9 Å². The van der Waals surface area contributed by atoms with Gasteiger partial charge in [0.2, 0.25) is 5.91 Å². The number of aromatic nitrogens is 2. The first-order chi connectivity index (χ1) is 15.4. The molecule has 0 bridgehead atoms. The molecule has 1 amide bonds. The Bertz CT molecular complexity index is 1160. The highest BCUT2D eigenvalue weighted by Crippen LogP contribution is 2.42. The molecule has 0 saturated carbocycles. The third-order valence-corrected chi connectivity index (χ3v) is 5.77. The molecule has 0 saturated heterocycles. The Kier molecular flexibility index (Phi) is 6.28. The van der Waals surface area contributed by atoms with E-state index < -0.39 is 0 Å². The van der Waals surface area contributed by atoms with Gasteiger partial charge in [-0.05, 0) is 55.8 Å². The molecule has 0 fully saturated rings. The summed E-state index contributed by atoms with van der Waals surface area (Å²) in [4.78, 5) is 12.4. The average Bonchev–Trinajstić information content (AvgIpc) is 3.33. The van der Waals surface area contributed by atoms with Gasteiger partial charge in [0.25, 0.3) is 0 Å². The first-order valence-electron chi connectivity index (χ1n) is 10.4. The van der Waals surface area contributed by atoms with Gasteiger partial charge < -0.3 is 19.5 Å². The van der Waals surface area contributed by atoms with Gasteiger partial charge in [-0.1, -0.05) is 11.6 Å². The maximum atomic E-state index is 12.4. The third kappa shape index (κ3) is 4.53. The molecular weight excluding hydrogens is 430 g/mol. The molecule has 1 unspecified atom stereocenters.